The summed E-state index contributed by atoms with van der Waals surface area (Å²) in [5, 5.41) is 7.38. The standard InChI is InChI=1S/C13H15BrFN3/c1-9(12-7-10(14)3-4-13(12)15)16-8-11-5-6-17-18(11)2/h3-7,9,16H,8H2,1-2H3. The van der Waals surface area contributed by atoms with Gasteiger partial charge in [-0.2, -0.15) is 5.10 Å². The van der Waals surface area contributed by atoms with Crippen LogP contribution in [0.25, 0.3) is 0 Å². The second-order valence-corrected chi connectivity index (χ2v) is 5.13. The molecule has 3 nitrogen and oxygen atoms in total. The fourth-order valence-electron chi connectivity index (χ4n) is 1.79. The van der Waals surface area contributed by atoms with Gasteiger partial charge in [-0.05, 0) is 31.2 Å². The smallest absolute Gasteiger partial charge is 0.128 e. The molecule has 1 N–H and O–H groups in total. The molecule has 5 heteroatoms. The summed E-state index contributed by atoms with van der Waals surface area (Å²) in [7, 11) is 1.89. The molecule has 2 rings (SSSR count). The molecule has 0 saturated heterocycles. The molecule has 0 aliphatic heterocycles. The second-order valence-electron chi connectivity index (χ2n) is 4.21. The molecule has 0 radical (unpaired) electrons. The molecule has 0 fully saturated rings. The van der Waals surface area contributed by atoms with Crippen LogP contribution in [0.15, 0.2) is 34.9 Å². The molecule has 1 aromatic carbocycles. The fraction of sp³-hybridized carbons (Fsp3) is 0.308. The van der Waals surface area contributed by atoms with Gasteiger partial charge in [0.1, 0.15) is 5.82 Å². The van der Waals surface area contributed by atoms with Gasteiger partial charge < -0.3 is 5.32 Å². The van der Waals surface area contributed by atoms with Crippen LogP contribution in [-0.2, 0) is 13.6 Å². The van der Waals surface area contributed by atoms with Crippen LogP contribution in [0.2, 0.25) is 0 Å². The molecule has 96 valence electrons. The van der Waals surface area contributed by atoms with Crippen LogP contribution in [-0.4, -0.2) is 9.78 Å². The molecule has 0 aliphatic rings. The first-order valence-corrected chi connectivity index (χ1v) is 6.52. The number of rotatable bonds is 4. The topological polar surface area (TPSA) is 29.9 Å². The van der Waals surface area contributed by atoms with E-state index in [0.717, 1.165) is 10.2 Å². The van der Waals surface area contributed by atoms with Crippen LogP contribution >= 0.6 is 15.9 Å². The third-order valence-corrected chi connectivity index (χ3v) is 3.43. The number of aryl methyl sites for hydroxylation is 1. The quantitative estimate of drug-likeness (QED) is 0.940. The Morgan fingerprint density at radius 1 is 1.44 bits per heavy atom. The molecular formula is C13H15BrFN3. The van der Waals surface area contributed by atoms with Crippen molar-refractivity contribution in [2.24, 2.45) is 7.05 Å². The van der Waals surface area contributed by atoms with Gasteiger partial charge in [0.15, 0.2) is 0 Å². The van der Waals surface area contributed by atoms with Crippen molar-refractivity contribution in [1.29, 1.82) is 0 Å². The van der Waals surface area contributed by atoms with Crippen LogP contribution in [0.4, 0.5) is 4.39 Å². The van der Waals surface area contributed by atoms with E-state index in [0.29, 0.717) is 12.1 Å². The molecule has 0 spiro atoms. The number of nitrogens with zero attached hydrogens (tertiary/aromatic N) is 2. The first kappa shape index (κ1) is 13.2. The Balaban J connectivity index is 2.06. The highest BCUT2D eigenvalue weighted by Crippen LogP contribution is 2.21. The van der Waals surface area contributed by atoms with Crippen LogP contribution in [0.3, 0.4) is 0 Å². The average Bonchev–Trinajstić information content (AvgIpc) is 2.75. The normalized spacial score (nSPS) is 12.7. The molecule has 18 heavy (non-hydrogen) atoms. The van der Waals surface area contributed by atoms with E-state index in [1.807, 2.05) is 20.0 Å². The van der Waals surface area contributed by atoms with Crippen molar-refractivity contribution in [1.82, 2.24) is 15.1 Å². The first-order chi connectivity index (χ1) is 8.58. The van der Waals surface area contributed by atoms with E-state index in [-0.39, 0.29) is 11.9 Å². The van der Waals surface area contributed by atoms with Gasteiger partial charge in [-0.15, -0.1) is 0 Å². The number of benzene rings is 1. The third-order valence-electron chi connectivity index (χ3n) is 2.94. The average molecular weight is 312 g/mol. The largest absolute Gasteiger partial charge is 0.304 e. The van der Waals surface area contributed by atoms with E-state index in [9.17, 15) is 4.39 Å². The van der Waals surface area contributed by atoms with E-state index < -0.39 is 0 Å². The number of halogens is 2. The molecule has 1 aromatic heterocycles. The maximum atomic E-state index is 13.7. The predicted molar refractivity (Wildman–Crippen MR) is 72.6 cm³/mol. The highest BCUT2D eigenvalue weighted by atomic mass is 79.9. The Kier molecular flexibility index (Phi) is 4.14. The zero-order valence-corrected chi connectivity index (χ0v) is 11.9. The van der Waals surface area contributed by atoms with E-state index in [1.165, 1.54) is 6.07 Å². The molecule has 1 atom stereocenters. The number of aromatic nitrogens is 2. The monoisotopic (exact) mass is 311 g/mol. The summed E-state index contributed by atoms with van der Waals surface area (Å²) >= 11 is 3.36. The summed E-state index contributed by atoms with van der Waals surface area (Å²) in [6.07, 6.45) is 1.75. The number of nitrogens with one attached hydrogen (secondary N) is 1. The van der Waals surface area contributed by atoms with Crippen molar-refractivity contribution in [3.8, 4) is 0 Å². The van der Waals surface area contributed by atoms with Crippen molar-refractivity contribution in [3.05, 3.63) is 52.0 Å². The Morgan fingerprint density at radius 3 is 2.89 bits per heavy atom. The number of hydrogen-bond donors (Lipinski definition) is 1. The summed E-state index contributed by atoms with van der Waals surface area (Å²) in [6.45, 7) is 2.60. The van der Waals surface area contributed by atoms with Gasteiger partial charge in [0.2, 0.25) is 0 Å². The lowest BCUT2D eigenvalue weighted by Crippen LogP contribution is -2.20. The fourth-order valence-corrected chi connectivity index (χ4v) is 2.17. The summed E-state index contributed by atoms with van der Waals surface area (Å²) in [4.78, 5) is 0. The highest BCUT2D eigenvalue weighted by molar-refractivity contribution is 9.10. The predicted octanol–water partition coefficient (Wildman–Crippen LogP) is 3.17. The molecule has 0 saturated carbocycles. The molecule has 0 amide bonds. The van der Waals surface area contributed by atoms with Crippen molar-refractivity contribution in [2.75, 3.05) is 0 Å². The summed E-state index contributed by atoms with van der Waals surface area (Å²) in [6, 6.07) is 6.86. The molecule has 2 aromatic rings. The lowest BCUT2D eigenvalue weighted by molar-refractivity contribution is 0.515. The van der Waals surface area contributed by atoms with Crippen LogP contribution in [0, 0.1) is 5.82 Å². The van der Waals surface area contributed by atoms with Crippen LogP contribution < -0.4 is 5.32 Å². The van der Waals surface area contributed by atoms with E-state index >= 15 is 0 Å². The van der Waals surface area contributed by atoms with Crippen molar-refractivity contribution < 1.29 is 4.39 Å². The molecule has 1 heterocycles. The van der Waals surface area contributed by atoms with Gasteiger partial charge in [-0.1, -0.05) is 15.9 Å². The van der Waals surface area contributed by atoms with Gasteiger partial charge in [-0.25, -0.2) is 4.39 Å². The molecule has 1 unspecified atom stereocenters. The zero-order valence-electron chi connectivity index (χ0n) is 10.3. The van der Waals surface area contributed by atoms with Gasteiger partial charge in [0.25, 0.3) is 0 Å². The highest BCUT2D eigenvalue weighted by Gasteiger charge is 2.11. The minimum Gasteiger partial charge on any atom is -0.304 e. The van der Waals surface area contributed by atoms with Gasteiger partial charge >= 0.3 is 0 Å². The van der Waals surface area contributed by atoms with Gasteiger partial charge in [0.05, 0.1) is 5.69 Å². The van der Waals surface area contributed by atoms with Crippen molar-refractivity contribution >= 4 is 15.9 Å². The number of hydrogen-bond acceptors (Lipinski definition) is 2. The maximum Gasteiger partial charge on any atom is 0.128 e. The van der Waals surface area contributed by atoms with Gasteiger partial charge in [-0.3, -0.25) is 4.68 Å². The van der Waals surface area contributed by atoms with E-state index in [4.69, 9.17) is 0 Å². The van der Waals surface area contributed by atoms with Gasteiger partial charge in [0, 0.05) is 35.9 Å². The van der Waals surface area contributed by atoms with E-state index in [2.05, 4.69) is 26.3 Å². The summed E-state index contributed by atoms with van der Waals surface area (Å²) < 4.78 is 16.4. The molecular weight excluding hydrogens is 297 g/mol. The lowest BCUT2D eigenvalue weighted by atomic mass is 10.1. The Morgan fingerprint density at radius 2 is 2.22 bits per heavy atom. The Bertz CT molecular complexity index is 539. The van der Waals surface area contributed by atoms with Crippen molar-refractivity contribution in [2.45, 2.75) is 19.5 Å². The zero-order chi connectivity index (χ0) is 13.1. The Hall–Kier alpha value is -1.20. The SMILES string of the molecule is CC(NCc1ccnn1C)c1cc(Br)ccc1F. The lowest BCUT2D eigenvalue weighted by Gasteiger charge is -2.15. The first-order valence-electron chi connectivity index (χ1n) is 5.73. The molecule has 0 aliphatic carbocycles. The Labute approximate surface area is 114 Å². The summed E-state index contributed by atoms with van der Waals surface area (Å²) in [5.74, 6) is -0.191. The van der Waals surface area contributed by atoms with E-state index in [1.54, 1.807) is 23.0 Å². The minimum absolute atomic E-state index is 0.0580. The molecule has 0 bridgehead atoms. The van der Waals surface area contributed by atoms with Crippen LogP contribution in [0.1, 0.15) is 24.2 Å². The third kappa shape index (κ3) is 2.97. The maximum absolute atomic E-state index is 13.7. The summed E-state index contributed by atoms with van der Waals surface area (Å²) in [5.41, 5.74) is 1.73. The van der Waals surface area contributed by atoms with Crippen molar-refractivity contribution in [3.63, 3.8) is 0 Å². The van der Waals surface area contributed by atoms with Crippen LogP contribution in [0.5, 0.6) is 0 Å². The second kappa shape index (κ2) is 5.63. The minimum atomic E-state index is -0.191.